The van der Waals surface area contributed by atoms with Gasteiger partial charge in [0.25, 0.3) is 0 Å². The fourth-order valence-electron chi connectivity index (χ4n) is 5.81. The highest BCUT2D eigenvalue weighted by molar-refractivity contribution is 9.10. The number of halogens is 2. The summed E-state index contributed by atoms with van der Waals surface area (Å²) in [6.07, 6.45) is 4.88. The minimum atomic E-state index is -1.04. The van der Waals surface area contributed by atoms with Crippen molar-refractivity contribution in [2.75, 3.05) is 12.0 Å². The fraction of sp³-hybridized carbons (Fsp3) is 0.161. The SMILES string of the molecule is COc1ccc(C(=O)[C@H]2[C@@H]3C(=O)N(c4cccc(F)c4)C(=O)[C@@H]3[C@H]3C=C(C(=O)c4ccccc4)C=CN32)cc1Br. The van der Waals surface area contributed by atoms with Gasteiger partial charge >= 0.3 is 0 Å². The van der Waals surface area contributed by atoms with E-state index in [0.717, 1.165) is 11.0 Å². The molecule has 0 bridgehead atoms. The Morgan fingerprint density at radius 3 is 2.35 bits per heavy atom. The van der Waals surface area contributed by atoms with Crippen molar-refractivity contribution < 1.29 is 28.3 Å². The highest BCUT2D eigenvalue weighted by Crippen LogP contribution is 2.47. The number of methoxy groups -OCH3 is 1. The van der Waals surface area contributed by atoms with Gasteiger partial charge in [0.1, 0.15) is 17.6 Å². The lowest BCUT2D eigenvalue weighted by Gasteiger charge is -2.33. The van der Waals surface area contributed by atoms with Crippen LogP contribution >= 0.6 is 15.9 Å². The van der Waals surface area contributed by atoms with E-state index in [-0.39, 0.29) is 17.3 Å². The van der Waals surface area contributed by atoms with Gasteiger partial charge in [-0.05, 0) is 58.4 Å². The number of carbonyl (C=O) groups excluding carboxylic acids is 4. The molecule has 3 aromatic rings. The van der Waals surface area contributed by atoms with Crippen molar-refractivity contribution in [1.29, 1.82) is 0 Å². The summed E-state index contributed by atoms with van der Waals surface area (Å²) < 4.78 is 19.9. The number of ketones is 2. The molecule has 0 N–H and O–H groups in total. The van der Waals surface area contributed by atoms with Crippen LogP contribution in [0.4, 0.5) is 10.1 Å². The van der Waals surface area contributed by atoms with Gasteiger partial charge in [-0.3, -0.25) is 19.2 Å². The Bertz CT molecular complexity index is 1640. The van der Waals surface area contributed by atoms with E-state index < -0.39 is 41.6 Å². The molecular formula is C31H22BrFN2O5. The van der Waals surface area contributed by atoms with E-state index >= 15 is 0 Å². The molecule has 3 heterocycles. The molecule has 3 aliphatic heterocycles. The molecule has 40 heavy (non-hydrogen) atoms. The Hall–Kier alpha value is -4.37. The van der Waals surface area contributed by atoms with Gasteiger partial charge in [0.05, 0.1) is 35.1 Å². The first-order valence-electron chi connectivity index (χ1n) is 12.6. The van der Waals surface area contributed by atoms with E-state index in [0.29, 0.717) is 26.9 Å². The molecular weight excluding hydrogens is 579 g/mol. The quantitative estimate of drug-likeness (QED) is 0.293. The zero-order chi connectivity index (χ0) is 28.1. The number of rotatable bonds is 6. The maximum absolute atomic E-state index is 14.1. The van der Waals surface area contributed by atoms with Crippen LogP contribution in [0.5, 0.6) is 5.75 Å². The molecule has 0 unspecified atom stereocenters. The number of Topliss-reactive ketones (excluding diaryl/α,β-unsaturated/α-hetero) is 2. The van der Waals surface area contributed by atoms with Crippen LogP contribution in [-0.2, 0) is 9.59 Å². The van der Waals surface area contributed by atoms with Crippen molar-refractivity contribution in [3.8, 4) is 5.75 Å². The molecule has 4 atom stereocenters. The minimum Gasteiger partial charge on any atom is -0.496 e. The Morgan fingerprint density at radius 1 is 0.900 bits per heavy atom. The van der Waals surface area contributed by atoms with E-state index in [4.69, 9.17) is 4.74 Å². The maximum atomic E-state index is 14.1. The summed E-state index contributed by atoms with van der Waals surface area (Å²) in [6.45, 7) is 0. The Balaban J connectivity index is 1.44. The zero-order valence-corrected chi connectivity index (χ0v) is 22.7. The summed E-state index contributed by atoms with van der Waals surface area (Å²) in [6, 6.07) is 17.1. The molecule has 9 heteroatoms. The van der Waals surface area contributed by atoms with Crippen molar-refractivity contribution in [2.24, 2.45) is 11.8 Å². The largest absolute Gasteiger partial charge is 0.496 e. The number of imide groups is 1. The van der Waals surface area contributed by atoms with E-state index in [2.05, 4.69) is 15.9 Å². The molecule has 0 aliphatic carbocycles. The van der Waals surface area contributed by atoms with Crippen LogP contribution in [0.15, 0.2) is 101 Å². The highest BCUT2D eigenvalue weighted by Gasteiger charge is 2.63. The molecule has 200 valence electrons. The second-order valence-electron chi connectivity index (χ2n) is 9.77. The van der Waals surface area contributed by atoms with E-state index in [1.54, 1.807) is 65.7 Å². The molecule has 0 spiro atoms. The van der Waals surface area contributed by atoms with E-state index in [1.807, 2.05) is 6.07 Å². The number of nitrogens with zero attached hydrogens (tertiary/aromatic N) is 2. The number of hydrogen-bond donors (Lipinski definition) is 0. The van der Waals surface area contributed by atoms with Gasteiger partial charge in [-0.15, -0.1) is 0 Å². The number of amides is 2. The number of benzene rings is 3. The average molecular weight is 601 g/mol. The Kier molecular flexibility index (Phi) is 6.46. The second kappa shape index (κ2) is 9.98. The van der Waals surface area contributed by atoms with Crippen LogP contribution in [0, 0.1) is 17.7 Å². The van der Waals surface area contributed by atoms with Crippen molar-refractivity contribution >= 4 is 45.0 Å². The van der Waals surface area contributed by atoms with Crippen LogP contribution in [0.25, 0.3) is 0 Å². The first-order chi connectivity index (χ1) is 19.3. The zero-order valence-electron chi connectivity index (χ0n) is 21.2. The lowest BCUT2D eigenvalue weighted by molar-refractivity contribution is -0.123. The van der Waals surface area contributed by atoms with Crippen LogP contribution in [0.2, 0.25) is 0 Å². The number of hydrogen-bond acceptors (Lipinski definition) is 6. The van der Waals surface area contributed by atoms with Crippen molar-refractivity contribution in [3.05, 3.63) is 118 Å². The summed E-state index contributed by atoms with van der Waals surface area (Å²) in [5.74, 6) is -3.77. The lowest BCUT2D eigenvalue weighted by Crippen LogP contribution is -2.46. The average Bonchev–Trinajstić information content (AvgIpc) is 3.44. The topological polar surface area (TPSA) is 84.0 Å². The standard InChI is InChI=1S/C31H22BrFN2O5/c1-40-24-11-10-18(14-22(24)32)29(37)27-26-25(30(38)35(31(26)39)21-9-5-8-20(33)16-21)23-15-19(12-13-34(23)27)28(36)17-6-3-2-4-7-17/h2-16,23,25-27H,1H3/t23-,25-,26-,27-/m1/s1. The number of anilines is 1. The van der Waals surface area contributed by atoms with Crippen molar-refractivity contribution in [1.82, 2.24) is 4.90 Å². The Morgan fingerprint density at radius 2 is 1.65 bits per heavy atom. The minimum absolute atomic E-state index is 0.102. The molecule has 2 amide bonds. The van der Waals surface area contributed by atoms with Crippen LogP contribution < -0.4 is 9.64 Å². The molecule has 2 saturated heterocycles. The molecule has 7 nitrogen and oxygen atoms in total. The van der Waals surface area contributed by atoms with Gasteiger partial charge in [-0.25, -0.2) is 9.29 Å². The number of carbonyl (C=O) groups is 4. The summed E-state index contributed by atoms with van der Waals surface area (Å²) in [4.78, 5) is 57.6. The smallest absolute Gasteiger partial charge is 0.240 e. The predicted molar refractivity (Wildman–Crippen MR) is 148 cm³/mol. The number of ether oxygens (including phenoxy) is 1. The van der Waals surface area contributed by atoms with Crippen molar-refractivity contribution in [3.63, 3.8) is 0 Å². The highest BCUT2D eigenvalue weighted by atomic mass is 79.9. The molecule has 3 aromatic carbocycles. The Labute approximate surface area is 237 Å². The summed E-state index contributed by atoms with van der Waals surface area (Å²) >= 11 is 3.41. The van der Waals surface area contributed by atoms with Gasteiger partial charge in [-0.1, -0.05) is 42.5 Å². The van der Waals surface area contributed by atoms with Gasteiger partial charge < -0.3 is 9.64 Å². The monoisotopic (exact) mass is 600 g/mol. The van der Waals surface area contributed by atoms with Crippen LogP contribution in [-0.4, -0.2) is 47.5 Å². The molecule has 2 fully saturated rings. The lowest BCUT2D eigenvalue weighted by atomic mass is 9.85. The van der Waals surface area contributed by atoms with Crippen molar-refractivity contribution in [2.45, 2.75) is 12.1 Å². The van der Waals surface area contributed by atoms with E-state index in [9.17, 15) is 23.6 Å². The predicted octanol–water partition coefficient (Wildman–Crippen LogP) is 4.97. The fourth-order valence-corrected chi connectivity index (χ4v) is 6.35. The molecule has 0 saturated carbocycles. The third-order valence-corrected chi connectivity index (χ3v) is 8.24. The molecule has 3 aliphatic rings. The number of allylic oxidation sites excluding steroid dienone is 2. The maximum Gasteiger partial charge on any atom is 0.240 e. The first-order valence-corrected chi connectivity index (χ1v) is 13.4. The number of fused-ring (bicyclic) bond motifs is 3. The van der Waals surface area contributed by atoms with E-state index in [1.165, 1.54) is 25.3 Å². The molecule has 6 rings (SSSR count). The molecule has 0 aromatic heterocycles. The first kappa shape index (κ1) is 25.9. The summed E-state index contributed by atoms with van der Waals surface area (Å²) in [7, 11) is 1.51. The van der Waals surface area contributed by atoms with Gasteiger partial charge in [0.2, 0.25) is 11.8 Å². The van der Waals surface area contributed by atoms with Gasteiger partial charge in [0.15, 0.2) is 11.6 Å². The third kappa shape index (κ3) is 4.08. The van der Waals surface area contributed by atoms with Gasteiger partial charge in [-0.2, -0.15) is 0 Å². The van der Waals surface area contributed by atoms with Crippen LogP contribution in [0.3, 0.4) is 0 Å². The second-order valence-corrected chi connectivity index (χ2v) is 10.6. The van der Waals surface area contributed by atoms with Gasteiger partial charge in [0, 0.05) is 22.9 Å². The molecule has 0 radical (unpaired) electrons. The van der Waals surface area contributed by atoms with Crippen LogP contribution in [0.1, 0.15) is 20.7 Å². The third-order valence-electron chi connectivity index (χ3n) is 7.62. The summed E-state index contributed by atoms with van der Waals surface area (Å²) in [5, 5.41) is 0. The normalized spacial score (nSPS) is 23.1. The summed E-state index contributed by atoms with van der Waals surface area (Å²) in [5.41, 5.74) is 1.26.